The maximum absolute atomic E-state index is 12.1. The quantitative estimate of drug-likeness (QED) is 0.0179. The van der Waals surface area contributed by atoms with Crippen molar-refractivity contribution in [1.82, 2.24) is 15.0 Å². The molecule has 0 aliphatic carbocycles. The van der Waals surface area contributed by atoms with E-state index < -0.39 is 50.9 Å². The molecule has 5 rings (SSSR count). The van der Waals surface area contributed by atoms with Crippen molar-refractivity contribution in [2.75, 3.05) is 73.2 Å². The molecular formula is C39H41N13O11S5. The molecule has 29 heteroatoms. The fraction of sp³-hybridized carbons (Fsp3) is 0.308. The highest BCUT2D eigenvalue weighted by Gasteiger charge is 2.29. The average Bonchev–Trinajstić information content (AvgIpc) is 3.89. The SMILES string of the molecule is CCN(CC)c1cc(Nc2nc(Nc3cc(N(CC)CC)c(OC)cc3/N=N/c3sc(C=O)c(S(=O)(=O)O)c3C#N)nc(SCCO)n2)c(/N=N/c2sc(C=O)c(S(=O)(=O)O)c2C#N)cc1OC. The molecule has 24 nitrogen and oxygen atoms in total. The molecule has 0 atom stereocenters. The number of nitrogens with zero attached hydrogens (tertiary/aromatic N) is 11. The van der Waals surface area contributed by atoms with Crippen LogP contribution < -0.4 is 29.9 Å². The van der Waals surface area contributed by atoms with Gasteiger partial charge in [0.1, 0.15) is 55.9 Å². The summed E-state index contributed by atoms with van der Waals surface area (Å²) in [6.45, 7) is 9.65. The Bertz CT molecular complexity index is 2890. The summed E-state index contributed by atoms with van der Waals surface area (Å²) in [5.74, 6) is 0.680. The van der Waals surface area contributed by atoms with Crippen LogP contribution in [0, 0.1) is 22.7 Å². The number of ether oxygens (including phenoxy) is 2. The Morgan fingerprint density at radius 3 is 1.41 bits per heavy atom. The normalized spacial score (nSPS) is 11.6. The van der Waals surface area contributed by atoms with Crippen LogP contribution in [0.5, 0.6) is 11.5 Å². The zero-order valence-corrected chi connectivity index (χ0v) is 40.9. The zero-order valence-electron chi connectivity index (χ0n) is 36.8. The van der Waals surface area contributed by atoms with Gasteiger partial charge in [0.05, 0.1) is 53.3 Å². The molecule has 358 valence electrons. The van der Waals surface area contributed by atoms with Crippen LogP contribution in [0.2, 0.25) is 0 Å². The predicted octanol–water partition coefficient (Wildman–Crippen LogP) is 7.97. The first-order chi connectivity index (χ1) is 32.5. The maximum Gasteiger partial charge on any atom is 0.297 e. The largest absolute Gasteiger partial charge is 0.494 e. The van der Waals surface area contributed by atoms with Gasteiger partial charge in [-0.05, 0) is 39.8 Å². The second-order valence-electron chi connectivity index (χ2n) is 13.3. The van der Waals surface area contributed by atoms with Crippen molar-refractivity contribution in [2.45, 2.75) is 42.6 Å². The van der Waals surface area contributed by atoms with Gasteiger partial charge in [-0.3, -0.25) is 18.7 Å². The number of aromatic nitrogens is 3. The van der Waals surface area contributed by atoms with Crippen LogP contribution in [0.4, 0.5) is 56.0 Å². The summed E-state index contributed by atoms with van der Waals surface area (Å²) in [5, 5.41) is 52.1. The number of rotatable bonds is 23. The van der Waals surface area contributed by atoms with Crippen LogP contribution >= 0.6 is 34.4 Å². The molecule has 2 aromatic carbocycles. The number of anilines is 6. The molecule has 0 saturated heterocycles. The highest BCUT2D eigenvalue weighted by Crippen LogP contribution is 2.45. The summed E-state index contributed by atoms with van der Waals surface area (Å²) in [6.07, 6.45) is 0.342. The molecule has 0 unspecified atom stereocenters. The van der Waals surface area contributed by atoms with E-state index in [0.717, 1.165) is 11.8 Å². The summed E-state index contributed by atoms with van der Waals surface area (Å²) >= 11 is 2.11. The van der Waals surface area contributed by atoms with Crippen molar-refractivity contribution in [3.8, 4) is 23.6 Å². The Morgan fingerprint density at radius 2 is 1.10 bits per heavy atom. The van der Waals surface area contributed by atoms with Gasteiger partial charge in [-0.2, -0.15) is 42.3 Å². The number of aliphatic hydroxyl groups excluding tert-OH is 1. The van der Waals surface area contributed by atoms with E-state index in [4.69, 9.17) is 9.47 Å². The van der Waals surface area contributed by atoms with E-state index in [1.165, 1.54) is 26.4 Å². The van der Waals surface area contributed by atoms with Gasteiger partial charge in [0, 0.05) is 44.1 Å². The number of nitrogens with one attached hydrogen (secondary N) is 2. The minimum Gasteiger partial charge on any atom is -0.494 e. The molecule has 5 aromatic rings. The lowest BCUT2D eigenvalue weighted by Gasteiger charge is -2.25. The van der Waals surface area contributed by atoms with Gasteiger partial charge in [-0.25, -0.2) is 0 Å². The maximum atomic E-state index is 12.1. The minimum absolute atomic E-state index is 0.0533. The first-order valence-electron chi connectivity index (χ1n) is 19.8. The van der Waals surface area contributed by atoms with Gasteiger partial charge in [-0.1, -0.05) is 11.8 Å². The van der Waals surface area contributed by atoms with Gasteiger partial charge in [0.15, 0.2) is 27.7 Å². The Morgan fingerprint density at radius 1 is 0.706 bits per heavy atom. The second-order valence-corrected chi connectivity index (χ2v) is 19.1. The van der Waals surface area contributed by atoms with E-state index in [-0.39, 0.29) is 74.7 Å². The molecule has 3 aromatic heterocycles. The number of methoxy groups -OCH3 is 2. The summed E-state index contributed by atoms with van der Waals surface area (Å²) in [7, 11) is -7.14. The van der Waals surface area contributed by atoms with Crippen LogP contribution in [-0.2, 0) is 20.2 Å². The molecule has 68 heavy (non-hydrogen) atoms. The Hall–Kier alpha value is -6.70. The number of nitriles is 2. The lowest BCUT2D eigenvalue weighted by molar-refractivity contribution is 0.111. The van der Waals surface area contributed by atoms with Crippen LogP contribution in [0.3, 0.4) is 0 Å². The van der Waals surface area contributed by atoms with Gasteiger partial charge in [0.2, 0.25) is 11.9 Å². The number of hydrogen-bond donors (Lipinski definition) is 5. The molecule has 0 radical (unpaired) electrons. The number of carbonyl (C=O) groups is 2. The van der Waals surface area contributed by atoms with Crippen LogP contribution in [0.15, 0.2) is 59.7 Å². The van der Waals surface area contributed by atoms with Crippen LogP contribution in [0.25, 0.3) is 0 Å². The summed E-state index contributed by atoms with van der Waals surface area (Å²) in [4.78, 5) is 38.5. The van der Waals surface area contributed by atoms with Crippen molar-refractivity contribution in [1.29, 1.82) is 10.5 Å². The third-order valence-corrected chi connectivity index (χ3v) is 14.4. The molecule has 0 aliphatic rings. The highest BCUT2D eigenvalue weighted by atomic mass is 32.2. The van der Waals surface area contributed by atoms with Crippen molar-refractivity contribution >= 4 is 123 Å². The first kappa shape index (κ1) is 52.3. The fourth-order valence-corrected chi connectivity index (χ4v) is 10.9. The lowest BCUT2D eigenvalue weighted by Crippen LogP contribution is -2.22. The molecule has 0 spiro atoms. The third kappa shape index (κ3) is 11.7. The number of hydrogen-bond acceptors (Lipinski definition) is 25. The van der Waals surface area contributed by atoms with Crippen molar-refractivity contribution in [3.05, 3.63) is 45.1 Å². The van der Waals surface area contributed by atoms with E-state index in [0.29, 0.717) is 71.7 Å². The number of carbonyl (C=O) groups excluding carboxylic acids is 2. The van der Waals surface area contributed by atoms with E-state index >= 15 is 0 Å². The zero-order chi connectivity index (χ0) is 49.9. The molecule has 5 N–H and O–H groups in total. The minimum atomic E-state index is -5.01. The number of benzene rings is 2. The molecular weight excluding hydrogens is 987 g/mol. The standard InChI is InChI=1S/C39H41N13O11S5/c1-7-51(8-2)27-13-23(25(15-29(27)62-5)47-49-35-21(17-40)33(67(56,57)58)31(19-54)65-35)42-37-44-38(46-39(45-37)64-12-11-53)43-24-14-28(52(9-3)10-4)30(63-6)16-26(24)48-50-36-22(18-41)34(68(59,60)61)32(20-55)66-36/h13-16,19-20,53H,7-12H2,1-6H3,(H,56,57,58)(H,59,60,61)(H2,42,43,44,45,46)/b49-47+,50-48+. The summed E-state index contributed by atoms with van der Waals surface area (Å²) in [6, 6.07) is 9.68. The Kier molecular flexibility index (Phi) is 17.6. The van der Waals surface area contributed by atoms with Crippen molar-refractivity contribution in [2.24, 2.45) is 20.5 Å². The van der Waals surface area contributed by atoms with Gasteiger partial charge in [-0.15, -0.1) is 43.1 Å². The number of thioether (sulfide) groups is 1. The number of aldehydes is 2. The average molecular weight is 1030 g/mol. The first-order valence-corrected chi connectivity index (χ1v) is 25.3. The molecule has 0 fully saturated rings. The highest BCUT2D eigenvalue weighted by molar-refractivity contribution is 7.99. The number of azo groups is 2. The van der Waals surface area contributed by atoms with Crippen LogP contribution in [-0.4, -0.2) is 111 Å². The van der Waals surface area contributed by atoms with E-state index in [1.807, 2.05) is 37.5 Å². The van der Waals surface area contributed by atoms with Crippen molar-refractivity contribution in [3.63, 3.8) is 0 Å². The van der Waals surface area contributed by atoms with E-state index in [1.54, 1.807) is 24.3 Å². The van der Waals surface area contributed by atoms with Crippen molar-refractivity contribution < 1.29 is 50.1 Å². The lowest BCUT2D eigenvalue weighted by atomic mass is 10.2. The summed E-state index contributed by atoms with van der Waals surface area (Å²) in [5.41, 5.74) is 0.516. The predicted molar refractivity (Wildman–Crippen MR) is 254 cm³/mol. The fourth-order valence-electron chi connectivity index (χ4n) is 6.39. The Labute approximate surface area is 401 Å². The second kappa shape index (κ2) is 22.9. The molecule has 0 saturated carbocycles. The monoisotopic (exact) mass is 1030 g/mol. The Balaban J connectivity index is 1.71. The number of aliphatic hydroxyl groups is 1. The topological polar surface area (TPSA) is 348 Å². The molecule has 0 amide bonds. The smallest absolute Gasteiger partial charge is 0.297 e. The van der Waals surface area contributed by atoms with Gasteiger partial charge < -0.3 is 35.0 Å². The van der Waals surface area contributed by atoms with Gasteiger partial charge in [0.25, 0.3) is 20.2 Å². The molecule has 0 aliphatic heterocycles. The third-order valence-electron chi connectivity index (χ3n) is 9.43. The van der Waals surface area contributed by atoms with Gasteiger partial charge >= 0.3 is 0 Å². The number of thiophene rings is 2. The summed E-state index contributed by atoms with van der Waals surface area (Å²) < 4.78 is 79.6. The molecule has 3 heterocycles. The van der Waals surface area contributed by atoms with E-state index in [2.05, 4.69) is 46.0 Å². The molecule has 0 bridgehead atoms. The van der Waals surface area contributed by atoms with E-state index in [9.17, 15) is 51.2 Å². The van der Waals surface area contributed by atoms with Crippen LogP contribution in [0.1, 0.15) is 58.2 Å².